The molecule has 0 N–H and O–H groups in total. The number of ether oxygens (including phenoxy) is 5. The lowest BCUT2D eigenvalue weighted by atomic mass is 10.1. The van der Waals surface area contributed by atoms with E-state index in [9.17, 15) is 9.59 Å². The SMILES string of the molecule is CCCCCCCCCCCC(=O)OCCOCCOCCOCCOC(=O)c1ccccc1. The molecule has 7 heteroatoms. The van der Waals surface area contributed by atoms with Crippen LogP contribution in [0.1, 0.15) is 81.5 Å². The lowest BCUT2D eigenvalue weighted by Gasteiger charge is -2.08. The molecule has 0 saturated heterocycles. The standard InChI is InChI=1S/C27H44O7/c1-2-3-4-5-6-7-8-9-13-16-26(28)33-23-21-31-19-17-30-18-20-32-22-24-34-27(29)25-14-11-10-12-15-25/h10-12,14-15H,2-9,13,16-24H2,1H3. The van der Waals surface area contributed by atoms with Crippen molar-refractivity contribution < 1.29 is 33.3 Å². The predicted molar refractivity (Wildman–Crippen MR) is 132 cm³/mol. The normalized spacial score (nSPS) is 10.9. The molecule has 0 fully saturated rings. The summed E-state index contributed by atoms with van der Waals surface area (Å²) in [6, 6.07) is 8.85. The molecule has 0 aromatic heterocycles. The first-order chi connectivity index (χ1) is 16.7. The first-order valence-electron chi connectivity index (χ1n) is 12.8. The molecule has 1 aromatic carbocycles. The summed E-state index contributed by atoms with van der Waals surface area (Å²) in [4.78, 5) is 23.4. The minimum Gasteiger partial charge on any atom is -0.463 e. The fraction of sp³-hybridized carbons (Fsp3) is 0.704. The smallest absolute Gasteiger partial charge is 0.338 e. The van der Waals surface area contributed by atoms with Gasteiger partial charge in [0.25, 0.3) is 0 Å². The van der Waals surface area contributed by atoms with Crippen LogP contribution in [0.5, 0.6) is 0 Å². The first-order valence-corrected chi connectivity index (χ1v) is 12.8. The maximum atomic E-state index is 11.7. The van der Waals surface area contributed by atoms with Gasteiger partial charge in [0.05, 0.1) is 45.2 Å². The number of hydrogen-bond donors (Lipinski definition) is 0. The molecule has 194 valence electrons. The zero-order valence-electron chi connectivity index (χ0n) is 21.0. The number of carbonyl (C=O) groups excluding carboxylic acids is 2. The fourth-order valence-corrected chi connectivity index (χ4v) is 3.26. The molecular weight excluding hydrogens is 436 g/mol. The Morgan fingerprint density at radius 1 is 0.588 bits per heavy atom. The molecular formula is C27H44O7. The van der Waals surface area contributed by atoms with Gasteiger partial charge in [-0.15, -0.1) is 0 Å². The molecule has 0 unspecified atom stereocenters. The molecule has 0 heterocycles. The van der Waals surface area contributed by atoms with Gasteiger partial charge in [-0.05, 0) is 18.6 Å². The lowest BCUT2D eigenvalue weighted by Crippen LogP contribution is -2.15. The highest BCUT2D eigenvalue weighted by molar-refractivity contribution is 5.89. The van der Waals surface area contributed by atoms with Crippen LogP contribution in [0.2, 0.25) is 0 Å². The van der Waals surface area contributed by atoms with Crippen molar-refractivity contribution in [2.45, 2.75) is 71.1 Å². The second kappa shape index (κ2) is 22.8. The van der Waals surface area contributed by atoms with Gasteiger partial charge in [-0.3, -0.25) is 4.79 Å². The average molecular weight is 481 g/mol. The molecule has 0 aliphatic rings. The van der Waals surface area contributed by atoms with Crippen molar-refractivity contribution in [2.75, 3.05) is 52.9 Å². The fourth-order valence-electron chi connectivity index (χ4n) is 3.26. The zero-order chi connectivity index (χ0) is 24.5. The van der Waals surface area contributed by atoms with E-state index in [1.165, 1.54) is 44.9 Å². The molecule has 0 radical (unpaired) electrons. The molecule has 34 heavy (non-hydrogen) atoms. The molecule has 0 amide bonds. The highest BCUT2D eigenvalue weighted by Gasteiger charge is 2.05. The third-order valence-corrected chi connectivity index (χ3v) is 5.19. The van der Waals surface area contributed by atoms with E-state index in [-0.39, 0.29) is 25.2 Å². The third-order valence-electron chi connectivity index (χ3n) is 5.19. The van der Waals surface area contributed by atoms with Gasteiger partial charge < -0.3 is 23.7 Å². The second-order valence-electron chi connectivity index (χ2n) is 8.14. The van der Waals surface area contributed by atoms with E-state index in [2.05, 4.69) is 6.92 Å². The molecule has 7 nitrogen and oxygen atoms in total. The van der Waals surface area contributed by atoms with Gasteiger partial charge in [-0.2, -0.15) is 0 Å². The van der Waals surface area contributed by atoms with Crippen molar-refractivity contribution in [1.29, 1.82) is 0 Å². The van der Waals surface area contributed by atoms with E-state index in [0.717, 1.165) is 12.8 Å². The largest absolute Gasteiger partial charge is 0.463 e. The molecule has 0 aliphatic carbocycles. The Hall–Kier alpha value is -1.96. The molecule has 0 aliphatic heterocycles. The molecule has 0 bridgehead atoms. The molecule has 0 atom stereocenters. The van der Waals surface area contributed by atoms with E-state index in [4.69, 9.17) is 23.7 Å². The minimum absolute atomic E-state index is 0.144. The molecule has 1 rings (SSSR count). The van der Waals surface area contributed by atoms with Crippen LogP contribution in [-0.2, 0) is 28.5 Å². The summed E-state index contributed by atoms with van der Waals surface area (Å²) in [5.41, 5.74) is 0.527. The highest BCUT2D eigenvalue weighted by Crippen LogP contribution is 2.10. The maximum Gasteiger partial charge on any atom is 0.338 e. The van der Waals surface area contributed by atoms with Gasteiger partial charge in [0.2, 0.25) is 0 Å². The van der Waals surface area contributed by atoms with Crippen molar-refractivity contribution in [3.63, 3.8) is 0 Å². The van der Waals surface area contributed by atoms with Crippen LogP contribution < -0.4 is 0 Å². The summed E-state index contributed by atoms with van der Waals surface area (Å²) >= 11 is 0. The van der Waals surface area contributed by atoms with E-state index >= 15 is 0 Å². The lowest BCUT2D eigenvalue weighted by molar-refractivity contribution is -0.145. The van der Waals surface area contributed by atoms with E-state index in [0.29, 0.717) is 51.6 Å². The van der Waals surface area contributed by atoms with E-state index in [1.54, 1.807) is 24.3 Å². The van der Waals surface area contributed by atoms with Crippen LogP contribution >= 0.6 is 0 Å². The molecule has 1 aromatic rings. The summed E-state index contributed by atoms with van der Waals surface area (Å²) in [7, 11) is 0. The Kier molecular flexibility index (Phi) is 20.2. The van der Waals surface area contributed by atoms with Crippen LogP contribution in [0.15, 0.2) is 30.3 Å². The summed E-state index contributed by atoms with van der Waals surface area (Å²) in [5, 5.41) is 0. The van der Waals surface area contributed by atoms with E-state index in [1.807, 2.05) is 6.07 Å². The van der Waals surface area contributed by atoms with Crippen molar-refractivity contribution in [1.82, 2.24) is 0 Å². The number of rotatable bonds is 23. The Balaban J connectivity index is 1.75. The number of carbonyl (C=O) groups is 2. The first kappa shape index (κ1) is 30.1. The minimum atomic E-state index is -0.355. The van der Waals surface area contributed by atoms with Crippen molar-refractivity contribution in [3.05, 3.63) is 35.9 Å². The van der Waals surface area contributed by atoms with Gasteiger partial charge in [-0.25, -0.2) is 4.79 Å². The number of benzene rings is 1. The summed E-state index contributed by atoms with van der Waals surface area (Å²) < 4.78 is 26.5. The van der Waals surface area contributed by atoms with Crippen LogP contribution in [0.3, 0.4) is 0 Å². The second-order valence-corrected chi connectivity index (χ2v) is 8.14. The number of hydrogen-bond acceptors (Lipinski definition) is 7. The summed E-state index contributed by atoms with van der Waals surface area (Å²) in [6.07, 6.45) is 11.6. The molecule has 0 spiro atoms. The Bertz CT molecular complexity index is 606. The van der Waals surface area contributed by atoms with Gasteiger partial charge in [0.1, 0.15) is 13.2 Å². The summed E-state index contributed by atoms with van der Waals surface area (Å²) in [6.45, 7) is 5.14. The van der Waals surface area contributed by atoms with E-state index < -0.39 is 0 Å². The van der Waals surface area contributed by atoms with Crippen molar-refractivity contribution in [3.8, 4) is 0 Å². The van der Waals surface area contributed by atoms with Crippen LogP contribution in [0.25, 0.3) is 0 Å². The van der Waals surface area contributed by atoms with Gasteiger partial charge >= 0.3 is 11.9 Å². The van der Waals surface area contributed by atoms with Crippen molar-refractivity contribution >= 4 is 11.9 Å². The van der Waals surface area contributed by atoms with Gasteiger partial charge in [0, 0.05) is 6.42 Å². The average Bonchev–Trinajstić information content (AvgIpc) is 2.86. The Morgan fingerprint density at radius 2 is 1.06 bits per heavy atom. The Labute approximate surface area is 205 Å². The predicted octanol–water partition coefficient (Wildman–Crippen LogP) is 5.36. The summed E-state index contributed by atoms with van der Waals surface area (Å²) in [5.74, 6) is -0.499. The zero-order valence-corrected chi connectivity index (χ0v) is 21.0. The highest BCUT2D eigenvalue weighted by atomic mass is 16.6. The monoisotopic (exact) mass is 480 g/mol. The maximum absolute atomic E-state index is 11.7. The topological polar surface area (TPSA) is 80.3 Å². The van der Waals surface area contributed by atoms with Crippen LogP contribution in [0, 0.1) is 0 Å². The third kappa shape index (κ3) is 18.5. The number of esters is 2. The quantitative estimate of drug-likeness (QED) is 0.154. The van der Waals surface area contributed by atoms with Gasteiger partial charge in [0.15, 0.2) is 0 Å². The van der Waals surface area contributed by atoms with Crippen LogP contribution in [0.4, 0.5) is 0 Å². The molecule has 0 saturated carbocycles. The van der Waals surface area contributed by atoms with Crippen molar-refractivity contribution in [2.24, 2.45) is 0 Å². The van der Waals surface area contributed by atoms with Crippen LogP contribution in [-0.4, -0.2) is 64.8 Å². The Morgan fingerprint density at radius 3 is 1.62 bits per heavy atom. The van der Waals surface area contributed by atoms with Gasteiger partial charge in [-0.1, -0.05) is 76.5 Å². The number of unbranched alkanes of at least 4 members (excludes halogenated alkanes) is 8.